The molecule has 0 amide bonds. The molecule has 1 heterocycles. The second kappa shape index (κ2) is 6.34. The molecule has 7 heteroatoms. The average molecular weight is 289 g/mol. The van der Waals surface area contributed by atoms with Crippen LogP contribution in [-0.4, -0.2) is 25.8 Å². The molecule has 0 atom stereocenters. The summed E-state index contributed by atoms with van der Waals surface area (Å²) in [6.07, 6.45) is 0.698. The van der Waals surface area contributed by atoms with Crippen LogP contribution < -0.4 is 0 Å². The number of thioether (sulfide) groups is 1. The van der Waals surface area contributed by atoms with E-state index < -0.39 is 11.0 Å². The number of thiol groups is 1. The molecule has 0 bridgehead atoms. The van der Waals surface area contributed by atoms with E-state index in [-0.39, 0.29) is 6.61 Å². The van der Waals surface area contributed by atoms with Gasteiger partial charge in [0.2, 0.25) is 0 Å². The lowest BCUT2D eigenvalue weighted by Crippen LogP contribution is -1.93. The molecule has 0 aliphatic rings. The fraction of sp³-hybridized carbons (Fsp3) is 0.300. The second-order valence-electron chi connectivity index (χ2n) is 3.21. The lowest BCUT2D eigenvalue weighted by atomic mass is 10.3. The Bertz CT molecular complexity index is 524. The SMILES string of the molecule is O=[SH](=O)OCCCSc1nc2ccccc2s1. The summed E-state index contributed by atoms with van der Waals surface area (Å²) >= 11 is 3.28. The molecular formula is C10H11NO3S3. The van der Waals surface area contributed by atoms with E-state index in [2.05, 4.69) is 9.17 Å². The first-order chi connectivity index (χ1) is 8.25. The van der Waals surface area contributed by atoms with E-state index in [4.69, 9.17) is 0 Å². The summed E-state index contributed by atoms with van der Waals surface area (Å²) in [5.74, 6) is 0.809. The van der Waals surface area contributed by atoms with Crippen LogP contribution in [0.25, 0.3) is 10.2 Å². The number of thiazole rings is 1. The Morgan fingerprint density at radius 1 is 1.35 bits per heavy atom. The Morgan fingerprint density at radius 2 is 2.18 bits per heavy atom. The van der Waals surface area contributed by atoms with E-state index in [1.54, 1.807) is 23.1 Å². The zero-order valence-electron chi connectivity index (χ0n) is 8.87. The first-order valence-corrected chi connectivity index (χ1v) is 7.91. The van der Waals surface area contributed by atoms with Gasteiger partial charge in [-0.05, 0) is 18.6 Å². The Hall–Kier alpha value is -0.630. The van der Waals surface area contributed by atoms with Crippen LogP contribution in [0.15, 0.2) is 28.6 Å². The highest BCUT2D eigenvalue weighted by atomic mass is 32.2. The normalized spacial score (nSPS) is 11.4. The molecule has 92 valence electrons. The fourth-order valence-corrected chi connectivity index (χ4v) is 3.60. The van der Waals surface area contributed by atoms with Crippen LogP contribution in [0.2, 0.25) is 0 Å². The number of hydrogen-bond acceptors (Lipinski definition) is 6. The largest absolute Gasteiger partial charge is 0.272 e. The molecule has 17 heavy (non-hydrogen) atoms. The van der Waals surface area contributed by atoms with Gasteiger partial charge in [0.15, 0.2) is 4.34 Å². The molecule has 1 aromatic heterocycles. The van der Waals surface area contributed by atoms with Gasteiger partial charge in [-0.15, -0.1) is 11.3 Å². The zero-order chi connectivity index (χ0) is 12.1. The van der Waals surface area contributed by atoms with Crippen molar-refractivity contribution < 1.29 is 12.6 Å². The molecular weight excluding hydrogens is 278 g/mol. The highest BCUT2D eigenvalue weighted by Gasteiger charge is 2.03. The van der Waals surface area contributed by atoms with Crippen LogP contribution in [0, 0.1) is 0 Å². The molecule has 0 saturated carbocycles. The van der Waals surface area contributed by atoms with Gasteiger partial charge in [0.05, 0.1) is 16.8 Å². The van der Waals surface area contributed by atoms with E-state index >= 15 is 0 Å². The van der Waals surface area contributed by atoms with E-state index in [0.29, 0.717) is 6.42 Å². The predicted molar refractivity (Wildman–Crippen MR) is 71.2 cm³/mol. The standard InChI is InChI=1S/C10H11NO3S3/c12-17(13)14-6-3-7-15-10-11-8-4-1-2-5-9(8)16-10/h1-2,4-5,17H,3,6-7H2. The minimum Gasteiger partial charge on any atom is -0.272 e. The van der Waals surface area contributed by atoms with Gasteiger partial charge in [-0.25, -0.2) is 13.4 Å². The van der Waals surface area contributed by atoms with E-state index in [1.165, 1.54) is 4.70 Å². The zero-order valence-corrected chi connectivity index (χ0v) is 11.4. The number of rotatable bonds is 6. The number of hydrogen-bond donors (Lipinski definition) is 1. The van der Waals surface area contributed by atoms with Crippen molar-refractivity contribution in [3.63, 3.8) is 0 Å². The molecule has 0 fully saturated rings. The van der Waals surface area contributed by atoms with Gasteiger partial charge in [0.25, 0.3) is 11.0 Å². The van der Waals surface area contributed by atoms with Gasteiger partial charge < -0.3 is 0 Å². The summed E-state index contributed by atoms with van der Waals surface area (Å²) in [7, 11) is -2.71. The maximum atomic E-state index is 10.1. The third-order valence-corrected chi connectivity index (χ3v) is 4.64. The van der Waals surface area contributed by atoms with Crippen molar-refractivity contribution >= 4 is 44.3 Å². The molecule has 0 radical (unpaired) electrons. The van der Waals surface area contributed by atoms with Gasteiger partial charge >= 0.3 is 0 Å². The third kappa shape index (κ3) is 3.95. The highest BCUT2D eigenvalue weighted by molar-refractivity contribution is 8.01. The lowest BCUT2D eigenvalue weighted by Gasteiger charge is -1.95. The summed E-state index contributed by atoms with van der Waals surface area (Å²) in [6.45, 7) is 0.247. The predicted octanol–water partition coefficient (Wildman–Crippen LogP) is 2.32. The monoisotopic (exact) mass is 289 g/mol. The van der Waals surface area contributed by atoms with Crippen molar-refractivity contribution in [1.82, 2.24) is 4.98 Å². The molecule has 0 spiro atoms. The average Bonchev–Trinajstić information content (AvgIpc) is 2.70. The highest BCUT2D eigenvalue weighted by Crippen LogP contribution is 2.29. The van der Waals surface area contributed by atoms with Crippen LogP contribution >= 0.6 is 23.1 Å². The van der Waals surface area contributed by atoms with Crippen LogP contribution in [0.4, 0.5) is 0 Å². The first kappa shape index (κ1) is 12.8. The van der Waals surface area contributed by atoms with Crippen molar-refractivity contribution in [2.45, 2.75) is 10.8 Å². The summed E-state index contributed by atoms with van der Waals surface area (Å²) in [5.41, 5.74) is 1.01. The Balaban J connectivity index is 1.83. The number of aromatic nitrogens is 1. The summed E-state index contributed by atoms with van der Waals surface area (Å²) in [6, 6.07) is 7.99. The van der Waals surface area contributed by atoms with Crippen LogP contribution in [-0.2, 0) is 15.2 Å². The molecule has 4 nitrogen and oxygen atoms in total. The van der Waals surface area contributed by atoms with Gasteiger partial charge in [-0.1, -0.05) is 23.9 Å². The number of fused-ring (bicyclic) bond motifs is 1. The Morgan fingerprint density at radius 3 is 2.94 bits per heavy atom. The summed E-state index contributed by atoms with van der Waals surface area (Å²) in [4.78, 5) is 4.47. The van der Waals surface area contributed by atoms with Gasteiger partial charge in [-0.3, -0.25) is 4.18 Å². The topological polar surface area (TPSA) is 56.3 Å². The summed E-state index contributed by atoms with van der Waals surface area (Å²) in [5, 5.41) is 0. The summed E-state index contributed by atoms with van der Waals surface area (Å²) < 4.78 is 26.9. The first-order valence-electron chi connectivity index (χ1n) is 5.01. The van der Waals surface area contributed by atoms with Gasteiger partial charge in [0.1, 0.15) is 0 Å². The smallest absolute Gasteiger partial charge is 0.257 e. The molecule has 2 aromatic rings. The third-order valence-electron chi connectivity index (χ3n) is 1.99. The van der Waals surface area contributed by atoms with E-state index in [1.807, 2.05) is 24.3 Å². The Kier molecular flexibility index (Phi) is 4.78. The maximum absolute atomic E-state index is 10.1. The number of benzene rings is 1. The van der Waals surface area contributed by atoms with E-state index in [0.717, 1.165) is 15.6 Å². The lowest BCUT2D eigenvalue weighted by molar-refractivity contribution is 0.334. The molecule has 0 saturated heterocycles. The quantitative estimate of drug-likeness (QED) is 0.502. The molecule has 0 aliphatic heterocycles. The number of nitrogens with zero attached hydrogens (tertiary/aromatic N) is 1. The Labute approximate surface area is 109 Å². The van der Waals surface area contributed by atoms with Crippen molar-refractivity contribution in [2.24, 2.45) is 0 Å². The van der Waals surface area contributed by atoms with Crippen molar-refractivity contribution in [2.75, 3.05) is 12.4 Å². The van der Waals surface area contributed by atoms with Crippen LogP contribution in [0.1, 0.15) is 6.42 Å². The second-order valence-corrected chi connectivity index (χ2v) is 6.28. The van der Waals surface area contributed by atoms with E-state index in [9.17, 15) is 8.42 Å². The molecule has 1 aromatic carbocycles. The van der Waals surface area contributed by atoms with Gasteiger partial charge in [-0.2, -0.15) is 0 Å². The molecule has 0 aliphatic carbocycles. The fourth-order valence-electron chi connectivity index (χ4n) is 1.27. The molecule has 2 rings (SSSR count). The molecule has 0 N–H and O–H groups in total. The van der Waals surface area contributed by atoms with Crippen molar-refractivity contribution in [1.29, 1.82) is 0 Å². The van der Waals surface area contributed by atoms with Crippen LogP contribution in [0.5, 0.6) is 0 Å². The van der Waals surface area contributed by atoms with Crippen LogP contribution in [0.3, 0.4) is 0 Å². The minimum atomic E-state index is -2.71. The maximum Gasteiger partial charge on any atom is 0.257 e. The van der Waals surface area contributed by atoms with Crippen molar-refractivity contribution in [3.05, 3.63) is 24.3 Å². The van der Waals surface area contributed by atoms with Gasteiger partial charge in [0, 0.05) is 5.75 Å². The van der Waals surface area contributed by atoms with Crippen molar-refractivity contribution in [3.8, 4) is 0 Å². The number of para-hydroxylation sites is 1. The molecule has 0 unspecified atom stereocenters. The minimum absolute atomic E-state index is 0.247.